The van der Waals surface area contributed by atoms with E-state index in [0.717, 1.165) is 17.3 Å². The molecule has 0 aliphatic rings. The predicted octanol–water partition coefficient (Wildman–Crippen LogP) is 3.11. The van der Waals surface area contributed by atoms with Gasteiger partial charge in [0, 0.05) is 11.1 Å². The zero-order chi connectivity index (χ0) is 11.8. The van der Waals surface area contributed by atoms with Gasteiger partial charge in [-0.05, 0) is 34.9 Å². The molecule has 0 N–H and O–H groups in total. The third-order valence-electron chi connectivity index (χ3n) is 1.62. The second-order valence-corrected chi connectivity index (χ2v) is 3.87. The van der Waals surface area contributed by atoms with Crippen LogP contribution in [0.15, 0.2) is 35.7 Å². The number of nitriles is 1. The molecule has 82 valence electrons. The molecule has 0 aromatic heterocycles. The summed E-state index contributed by atoms with van der Waals surface area (Å²) in [4.78, 5) is 11.1. The minimum absolute atomic E-state index is 0.192. The number of halogens is 1. The molecule has 0 unspecified atom stereocenters. The maximum absolute atomic E-state index is 11.1. The van der Waals surface area contributed by atoms with Gasteiger partial charge in [0.1, 0.15) is 12.0 Å². The molecule has 1 rings (SSSR count). The first-order valence-electron chi connectivity index (χ1n) is 4.35. The van der Waals surface area contributed by atoms with Crippen molar-refractivity contribution in [1.82, 2.24) is 0 Å². The molecule has 16 heavy (non-hydrogen) atoms. The monoisotopic (exact) mass is 253 g/mol. The van der Waals surface area contributed by atoms with Crippen LogP contribution in [0.2, 0.25) is 5.02 Å². The number of hydrogen-bond donors (Lipinski definition) is 0. The van der Waals surface area contributed by atoms with E-state index in [2.05, 4.69) is 0 Å². The number of thioether (sulfide) groups is 1. The van der Waals surface area contributed by atoms with Crippen LogP contribution in [0.1, 0.15) is 5.56 Å². The Bertz CT molecular complexity index is 423. The number of hydrogen-bond acceptors (Lipinski definition) is 4. The van der Waals surface area contributed by atoms with Crippen LogP contribution >= 0.6 is 23.4 Å². The molecule has 0 saturated carbocycles. The summed E-state index contributed by atoms with van der Waals surface area (Å²) in [5.41, 5.74) is 0.860. The molecular weight excluding hydrogens is 246 g/mol. The van der Waals surface area contributed by atoms with Gasteiger partial charge in [0.25, 0.3) is 0 Å². The lowest BCUT2D eigenvalue weighted by atomic mass is 10.2. The summed E-state index contributed by atoms with van der Waals surface area (Å²) >= 11 is 6.57. The van der Waals surface area contributed by atoms with E-state index in [0.29, 0.717) is 5.02 Å². The zero-order valence-electron chi connectivity index (χ0n) is 8.22. The maximum Gasteiger partial charge on any atom is 0.331 e. The van der Waals surface area contributed by atoms with Crippen LogP contribution in [0.4, 0.5) is 0 Å². The first kappa shape index (κ1) is 12.6. The number of carbonyl (C=O) groups is 1. The minimum atomic E-state index is -0.474. The van der Waals surface area contributed by atoms with Crippen molar-refractivity contribution in [2.45, 2.75) is 6.61 Å². The second kappa shape index (κ2) is 6.94. The SMILES string of the molecule is N#CS/C=C\C(=O)OCc1ccc(Cl)cc1. The number of nitrogens with zero attached hydrogens (tertiary/aromatic N) is 1. The fraction of sp³-hybridized carbons (Fsp3) is 0.0909. The largest absolute Gasteiger partial charge is 0.458 e. The van der Waals surface area contributed by atoms with Crippen molar-refractivity contribution in [3.63, 3.8) is 0 Å². The van der Waals surface area contributed by atoms with E-state index in [1.165, 1.54) is 11.5 Å². The van der Waals surface area contributed by atoms with Crippen LogP contribution in [-0.2, 0) is 16.1 Å². The van der Waals surface area contributed by atoms with Crippen molar-refractivity contribution in [3.8, 4) is 5.40 Å². The number of thiocyanates is 1. The molecule has 5 heteroatoms. The normalized spacial score (nSPS) is 10.0. The highest BCUT2D eigenvalue weighted by molar-refractivity contribution is 8.06. The van der Waals surface area contributed by atoms with E-state index in [1.54, 1.807) is 24.3 Å². The molecule has 0 amide bonds. The van der Waals surface area contributed by atoms with E-state index < -0.39 is 5.97 Å². The molecule has 0 heterocycles. The summed E-state index contributed by atoms with van der Waals surface area (Å²) in [7, 11) is 0. The highest BCUT2D eigenvalue weighted by atomic mass is 35.5. The molecule has 0 atom stereocenters. The van der Waals surface area contributed by atoms with E-state index >= 15 is 0 Å². The van der Waals surface area contributed by atoms with E-state index in [9.17, 15) is 4.79 Å². The van der Waals surface area contributed by atoms with Crippen LogP contribution in [0.25, 0.3) is 0 Å². The van der Waals surface area contributed by atoms with Gasteiger partial charge in [-0.2, -0.15) is 5.26 Å². The Morgan fingerprint density at radius 1 is 1.50 bits per heavy atom. The van der Waals surface area contributed by atoms with E-state index in [1.807, 2.05) is 5.40 Å². The molecule has 0 radical (unpaired) electrons. The standard InChI is InChI=1S/C11H8ClNO2S/c12-10-3-1-9(2-4-10)7-15-11(14)5-6-16-8-13/h1-6H,7H2/b6-5-. The molecule has 0 aliphatic carbocycles. The minimum Gasteiger partial charge on any atom is -0.458 e. The molecular formula is C11H8ClNO2S. The summed E-state index contributed by atoms with van der Waals surface area (Å²) in [6, 6.07) is 7.02. The van der Waals surface area contributed by atoms with Gasteiger partial charge in [-0.15, -0.1) is 0 Å². The molecule has 0 aliphatic heterocycles. The predicted molar refractivity (Wildman–Crippen MR) is 63.6 cm³/mol. The summed E-state index contributed by atoms with van der Waals surface area (Å²) in [6.07, 6.45) is 1.21. The third kappa shape index (κ3) is 4.87. The zero-order valence-corrected chi connectivity index (χ0v) is 9.79. The first-order chi connectivity index (χ1) is 7.72. The van der Waals surface area contributed by atoms with Crippen molar-refractivity contribution in [1.29, 1.82) is 5.26 Å². The molecule has 0 fully saturated rings. The van der Waals surface area contributed by atoms with Crippen LogP contribution in [0, 0.1) is 10.7 Å². The lowest BCUT2D eigenvalue weighted by Crippen LogP contribution is -2.00. The average molecular weight is 254 g/mol. The lowest BCUT2D eigenvalue weighted by molar-refractivity contribution is -0.138. The molecule has 0 saturated heterocycles. The molecule has 3 nitrogen and oxygen atoms in total. The van der Waals surface area contributed by atoms with Gasteiger partial charge >= 0.3 is 5.97 Å². The number of esters is 1. The Morgan fingerprint density at radius 2 is 2.19 bits per heavy atom. The van der Waals surface area contributed by atoms with Gasteiger partial charge < -0.3 is 4.74 Å². The van der Waals surface area contributed by atoms with Gasteiger partial charge in [-0.3, -0.25) is 0 Å². The van der Waals surface area contributed by atoms with E-state index in [4.69, 9.17) is 21.6 Å². The molecule has 1 aromatic carbocycles. The van der Waals surface area contributed by atoms with Crippen molar-refractivity contribution >= 4 is 29.3 Å². The second-order valence-electron chi connectivity index (χ2n) is 2.75. The topological polar surface area (TPSA) is 50.1 Å². The highest BCUT2D eigenvalue weighted by Gasteiger charge is 1.98. The van der Waals surface area contributed by atoms with Crippen molar-refractivity contribution in [2.24, 2.45) is 0 Å². The fourth-order valence-corrected chi connectivity index (χ4v) is 1.27. The van der Waals surface area contributed by atoms with Gasteiger partial charge in [0.2, 0.25) is 0 Å². The smallest absolute Gasteiger partial charge is 0.331 e. The summed E-state index contributed by atoms with van der Waals surface area (Å²) in [5, 5.41) is 12.0. The number of benzene rings is 1. The van der Waals surface area contributed by atoms with E-state index in [-0.39, 0.29) is 6.61 Å². The quantitative estimate of drug-likeness (QED) is 0.470. The number of rotatable bonds is 4. The average Bonchev–Trinajstić information content (AvgIpc) is 2.29. The Morgan fingerprint density at radius 3 is 2.81 bits per heavy atom. The van der Waals surface area contributed by atoms with Crippen LogP contribution in [0.5, 0.6) is 0 Å². The Kier molecular flexibility index (Phi) is 5.48. The van der Waals surface area contributed by atoms with Crippen molar-refractivity contribution < 1.29 is 9.53 Å². The number of carbonyl (C=O) groups excluding carboxylic acids is 1. The number of ether oxygens (including phenoxy) is 1. The summed E-state index contributed by atoms with van der Waals surface area (Å²) in [6.45, 7) is 0.192. The van der Waals surface area contributed by atoms with Gasteiger partial charge in [-0.1, -0.05) is 23.7 Å². The van der Waals surface area contributed by atoms with Crippen molar-refractivity contribution in [3.05, 3.63) is 46.3 Å². The van der Waals surface area contributed by atoms with Crippen LogP contribution in [-0.4, -0.2) is 5.97 Å². The molecule has 0 bridgehead atoms. The summed E-state index contributed by atoms with van der Waals surface area (Å²) in [5.74, 6) is -0.474. The first-order valence-corrected chi connectivity index (χ1v) is 5.60. The fourth-order valence-electron chi connectivity index (χ4n) is 0.903. The van der Waals surface area contributed by atoms with Crippen LogP contribution in [0.3, 0.4) is 0 Å². The van der Waals surface area contributed by atoms with Gasteiger partial charge in [0.15, 0.2) is 0 Å². The summed E-state index contributed by atoms with van der Waals surface area (Å²) < 4.78 is 4.92. The maximum atomic E-state index is 11.1. The van der Waals surface area contributed by atoms with Gasteiger partial charge in [0.05, 0.1) is 0 Å². The molecule has 1 aromatic rings. The van der Waals surface area contributed by atoms with Gasteiger partial charge in [-0.25, -0.2) is 4.79 Å². The Hall–Kier alpha value is -1.44. The van der Waals surface area contributed by atoms with Crippen molar-refractivity contribution in [2.75, 3.05) is 0 Å². The Labute approximate surface area is 103 Å². The lowest BCUT2D eigenvalue weighted by Gasteiger charge is -2.01. The molecule has 0 spiro atoms. The third-order valence-corrected chi connectivity index (χ3v) is 2.25. The Balaban J connectivity index is 2.37. The highest BCUT2D eigenvalue weighted by Crippen LogP contribution is 2.10. The van der Waals surface area contributed by atoms with Crippen LogP contribution < -0.4 is 0 Å².